The minimum absolute atomic E-state index is 0.0999. The van der Waals surface area contributed by atoms with Gasteiger partial charge in [0.15, 0.2) is 0 Å². The molecule has 0 fully saturated rings. The Morgan fingerprint density at radius 3 is 2.31 bits per heavy atom. The molecule has 1 N–H and O–H groups in total. The molecule has 2 aromatic rings. The fourth-order valence-electron chi connectivity index (χ4n) is 2.79. The van der Waals surface area contributed by atoms with E-state index in [9.17, 15) is 9.59 Å². The summed E-state index contributed by atoms with van der Waals surface area (Å²) in [5.74, 6) is -0.401. The first-order valence-electron chi connectivity index (χ1n) is 8.84. The van der Waals surface area contributed by atoms with Gasteiger partial charge in [-0.1, -0.05) is 49.4 Å². The number of rotatable bonds is 8. The number of aryl methyl sites for hydroxylation is 1. The van der Waals surface area contributed by atoms with Crippen molar-refractivity contribution in [3.05, 3.63) is 65.7 Å². The van der Waals surface area contributed by atoms with Crippen LogP contribution in [0.5, 0.6) is 0 Å². The Hall–Kier alpha value is -2.33. The molecule has 0 heterocycles. The van der Waals surface area contributed by atoms with Crippen LogP contribution in [0.3, 0.4) is 0 Å². The lowest BCUT2D eigenvalue weighted by atomic mass is 10.1. The fraction of sp³-hybridized carbons (Fsp3) is 0.333. The highest BCUT2D eigenvalue weighted by Gasteiger charge is 2.21. The Morgan fingerprint density at radius 1 is 1.08 bits per heavy atom. The molecule has 26 heavy (non-hydrogen) atoms. The molecule has 138 valence electrons. The monoisotopic (exact) mass is 372 g/mol. The van der Waals surface area contributed by atoms with Crippen LogP contribution in [-0.2, 0) is 16.0 Å². The third kappa shape index (κ3) is 5.60. The molecule has 2 aromatic carbocycles. The molecule has 0 bridgehead atoms. The average molecular weight is 373 g/mol. The zero-order chi connectivity index (χ0) is 18.9. The van der Waals surface area contributed by atoms with Gasteiger partial charge >= 0.3 is 0 Å². The lowest BCUT2D eigenvalue weighted by Gasteiger charge is -2.29. The first kappa shape index (κ1) is 20.0. The minimum Gasteiger partial charge on any atom is -0.334 e. The van der Waals surface area contributed by atoms with E-state index < -0.39 is 0 Å². The van der Waals surface area contributed by atoms with E-state index in [1.54, 1.807) is 4.90 Å². The number of halogens is 1. The number of carbonyl (C=O) groups excluding carboxylic acids is 2. The topological polar surface area (TPSA) is 49.4 Å². The molecular weight excluding hydrogens is 348 g/mol. The summed E-state index contributed by atoms with van der Waals surface area (Å²) in [5.41, 5.74) is 3.00. The number of amides is 2. The van der Waals surface area contributed by atoms with Crippen LogP contribution in [0.4, 0.5) is 5.69 Å². The molecule has 0 aliphatic carbocycles. The van der Waals surface area contributed by atoms with Crippen molar-refractivity contribution in [2.45, 2.75) is 32.7 Å². The van der Waals surface area contributed by atoms with E-state index in [0.717, 1.165) is 17.7 Å². The number of nitrogens with one attached hydrogen (secondary N) is 1. The van der Waals surface area contributed by atoms with Crippen molar-refractivity contribution in [1.29, 1.82) is 0 Å². The molecule has 0 aliphatic heterocycles. The smallest absolute Gasteiger partial charge is 0.238 e. The van der Waals surface area contributed by atoms with E-state index in [4.69, 9.17) is 11.6 Å². The zero-order valence-corrected chi connectivity index (χ0v) is 16.0. The van der Waals surface area contributed by atoms with Crippen LogP contribution in [0.2, 0.25) is 0 Å². The minimum atomic E-state index is -0.178. The third-order valence-corrected chi connectivity index (χ3v) is 4.64. The van der Waals surface area contributed by atoms with Crippen molar-refractivity contribution in [3.8, 4) is 0 Å². The molecule has 0 radical (unpaired) electrons. The van der Waals surface area contributed by atoms with E-state index in [-0.39, 0.29) is 30.2 Å². The van der Waals surface area contributed by atoms with Crippen LogP contribution < -0.4 is 5.32 Å². The number of alkyl halides is 1. The van der Waals surface area contributed by atoms with E-state index in [1.807, 2.05) is 61.5 Å². The number of hydrogen-bond donors (Lipinski definition) is 1. The highest BCUT2D eigenvalue weighted by molar-refractivity contribution is 6.27. The molecule has 0 saturated carbocycles. The maximum absolute atomic E-state index is 12.3. The Morgan fingerprint density at radius 2 is 1.73 bits per heavy atom. The first-order valence-corrected chi connectivity index (χ1v) is 9.37. The molecule has 0 aromatic heterocycles. The maximum Gasteiger partial charge on any atom is 0.238 e. The standard InChI is InChI=1S/C21H25ClN2O2/c1-3-17-9-11-19(12-10-17)23-20(25)13-14-24(21(26)15-22)16(2)18-7-5-4-6-8-18/h4-12,16H,3,13-15H2,1-2H3,(H,23,25). The van der Waals surface area contributed by atoms with Crippen molar-refractivity contribution >= 4 is 29.1 Å². The summed E-state index contributed by atoms with van der Waals surface area (Å²) in [4.78, 5) is 26.1. The van der Waals surface area contributed by atoms with E-state index in [0.29, 0.717) is 6.54 Å². The number of anilines is 1. The predicted molar refractivity (Wildman–Crippen MR) is 106 cm³/mol. The summed E-state index contributed by atoms with van der Waals surface area (Å²) >= 11 is 5.76. The Kier molecular flexibility index (Phi) is 7.67. The lowest BCUT2D eigenvalue weighted by Crippen LogP contribution is -2.36. The van der Waals surface area contributed by atoms with Crippen molar-refractivity contribution in [3.63, 3.8) is 0 Å². The first-order chi connectivity index (χ1) is 12.5. The summed E-state index contributed by atoms with van der Waals surface area (Å²) in [7, 11) is 0. The molecule has 2 amide bonds. The van der Waals surface area contributed by atoms with Gasteiger partial charge in [0, 0.05) is 18.7 Å². The number of carbonyl (C=O) groups is 2. The highest BCUT2D eigenvalue weighted by atomic mass is 35.5. The second-order valence-corrected chi connectivity index (χ2v) is 6.42. The van der Waals surface area contributed by atoms with E-state index in [1.165, 1.54) is 5.56 Å². The van der Waals surface area contributed by atoms with Gasteiger partial charge in [-0.15, -0.1) is 11.6 Å². The Bertz CT molecular complexity index is 717. The van der Waals surface area contributed by atoms with Crippen LogP contribution >= 0.6 is 11.6 Å². The van der Waals surface area contributed by atoms with Crippen LogP contribution in [0.25, 0.3) is 0 Å². The summed E-state index contributed by atoms with van der Waals surface area (Å²) in [6, 6.07) is 17.4. The molecule has 0 aliphatic rings. The van der Waals surface area contributed by atoms with Gasteiger partial charge in [0.05, 0.1) is 6.04 Å². The number of benzene rings is 2. The Labute approximate surface area is 160 Å². The molecule has 2 rings (SSSR count). The zero-order valence-electron chi connectivity index (χ0n) is 15.2. The van der Waals surface area contributed by atoms with Gasteiger partial charge in [0.1, 0.15) is 5.88 Å². The molecule has 0 spiro atoms. The quantitative estimate of drug-likeness (QED) is 0.698. The summed E-state index contributed by atoms with van der Waals surface area (Å²) in [6.45, 7) is 4.35. The van der Waals surface area contributed by atoms with Crippen molar-refractivity contribution in [2.24, 2.45) is 0 Å². The van der Waals surface area contributed by atoms with E-state index >= 15 is 0 Å². The van der Waals surface area contributed by atoms with Gasteiger partial charge in [-0.25, -0.2) is 0 Å². The number of hydrogen-bond acceptors (Lipinski definition) is 2. The van der Waals surface area contributed by atoms with Crippen molar-refractivity contribution < 1.29 is 9.59 Å². The van der Waals surface area contributed by atoms with Crippen LogP contribution in [0.15, 0.2) is 54.6 Å². The van der Waals surface area contributed by atoms with Gasteiger partial charge in [0.2, 0.25) is 11.8 Å². The lowest BCUT2D eigenvalue weighted by molar-refractivity contribution is -0.131. The molecular formula is C21H25ClN2O2. The number of nitrogens with zero attached hydrogens (tertiary/aromatic N) is 1. The van der Waals surface area contributed by atoms with Crippen LogP contribution in [-0.4, -0.2) is 29.1 Å². The summed E-state index contributed by atoms with van der Waals surface area (Å²) in [5, 5.41) is 2.87. The van der Waals surface area contributed by atoms with Crippen LogP contribution in [0.1, 0.15) is 37.4 Å². The summed E-state index contributed by atoms with van der Waals surface area (Å²) in [6.07, 6.45) is 1.18. The summed E-state index contributed by atoms with van der Waals surface area (Å²) < 4.78 is 0. The molecule has 0 saturated heterocycles. The van der Waals surface area contributed by atoms with Gasteiger partial charge < -0.3 is 10.2 Å². The van der Waals surface area contributed by atoms with Gasteiger partial charge in [0.25, 0.3) is 0 Å². The normalized spacial score (nSPS) is 11.7. The van der Waals surface area contributed by atoms with Crippen molar-refractivity contribution in [1.82, 2.24) is 4.90 Å². The second-order valence-electron chi connectivity index (χ2n) is 6.16. The van der Waals surface area contributed by atoms with Crippen LogP contribution in [0, 0.1) is 0 Å². The maximum atomic E-state index is 12.3. The molecule has 4 nitrogen and oxygen atoms in total. The predicted octanol–water partition coefficient (Wildman–Crippen LogP) is 4.41. The van der Waals surface area contributed by atoms with Gasteiger partial charge in [-0.2, -0.15) is 0 Å². The largest absolute Gasteiger partial charge is 0.334 e. The fourth-order valence-corrected chi connectivity index (χ4v) is 2.95. The van der Waals surface area contributed by atoms with Gasteiger partial charge in [-0.3, -0.25) is 9.59 Å². The van der Waals surface area contributed by atoms with E-state index in [2.05, 4.69) is 12.2 Å². The van der Waals surface area contributed by atoms with Crippen molar-refractivity contribution in [2.75, 3.05) is 17.7 Å². The highest BCUT2D eigenvalue weighted by Crippen LogP contribution is 2.21. The average Bonchev–Trinajstić information content (AvgIpc) is 2.69. The molecule has 1 unspecified atom stereocenters. The SMILES string of the molecule is CCc1ccc(NC(=O)CCN(C(=O)CCl)C(C)c2ccccc2)cc1. The Balaban J connectivity index is 1.97. The third-order valence-electron chi connectivity index (χ3n) is 4.41. The molecule has 5 heteroatoms. The molecule has 1 atom stereocenters. The van der Waals surface area contributed by atoms with Gasteiger partial charge in [-0.05, 0) is 36.6 Å². The second kappa shape index (κ2) is 9.97.